The number of nitrogens with zero attached hydrogens (tertiary/aromatic N) is 4. The van der Waals surface area contributed by atoms with Crippen LogP contribution >= 0.6 is 24.0 Å². The number of hydrogen-bond donors (Lipinski definition) is 1. The van der Waals surface area contributed by atoms with E-state index in [0.717, 1.165) is 25.5 Å². The van der Waals surface area contributed by atoms with Gasteiger partial charge in [-0.2, -0.15) is 4.31 Å². The number of likely N-dealkylation sites (tertiary alicyclic amines) is 1. The summed E-state index contributed by atoms with van der Waals surface area (Å²) in [5.41, 5.74) is 0. The number of hydrogen-bond acceptors (Lipinski definition) is 5. The fourth-order valence-corrected chi connectivity index (χ4v) is 5.05. The van der Waals surface area contributed by atoms with Crippen LogP contribution in [0.3, 0.4) is 0 Å². The van der Waals surface area contributed by atoms with E-state index in [1.54, 1.807) is 4.31 Å². The van der Waals surface area contributed by atoms with Gasteiger partial charge in [0.05, 0.1) is 18.5 Å². The highest BCUT2D eigenvalue weighted by atomic mass is 127. The summed E-state index contributed by atoms with van der Waals surface area (Å²) in [5, 5.41) is 3.36. The smallest absolute Gasteiger partial charge is 0.216 e. The van der Waals surface area contributed by atoms with Crippen LogP contribution in [0.1, 0.15) is 46.5 Å². The zero-order chi connectivity index (χ0) is 21.1. The Hall–Kier alpha value is -0.170. The molecular weight excluding hydrogens is 517 g/mol. The maximum Gasteiger partial charge on any atom is 0.216 e. The fraction of sp³-hybridized carbons (Fsp3) is 0.950. The van der Waals surface area contributed by atoms with Crippen molar-refractivity contribution in [3.63, 3.8) is 0 Å². The predicted octanol–water partition coefficient (Wildman–Crippen LogP) is 1.82. The second-order valence-electron chi connectivity index (χ2n) is 8.11. The van der Waals surface area contributed by atoms with Crippen LogP contribution in [0.5, 0.6) is 0 Å². The van der Waals surface area contributed by atoms with E-state index in [0.29, 0.717) is 26.2 Å². The molecule has 2 heterocycles. The molecule has 2 aliphatic rings. The van der Waals surface area contributed by atoms with E-state index >= 15 is 0 Å². The van der Waals surface area contributed by atoms with Gasteiger partial charge in [0.1, 0.15) is 0 Å². The Labute approximate surface area is 200 Å². The molecule has 2 saturated heterocycles. The van der Waals surface area contributed by atoms with E-state index < -0.39 is 10.0 Å². The van der Waals surface area contributed by atoms with Crippen LogP contribution in [-0.4, -0.2) is 106 Å². The second-order valence-corrected chi connectivity index (χ2v) is 10.2. The molecule has 2 fully saturated rings. The van der Waals surface area contributed by atoms with Crippen molar-refractivity contribution in [3.8, 4) is 0 Å². The molecule has 30 heavy (non-hydrogen) atoms. The van der Waals surface area contributed by atoms with Gasteiger partial charge in [0.25, 0.3) is 0 Å². The first-order valence-electron chi connectivity index (χ1n) is 11.3. The number of unbranched alkanes of at least 4 members (excludes halogenated alkanes) is 1. The molecule has 8 nitrogen and oxygen atoms in total. The van der Waals surface area contributed by atoms with Crippen LogP contribution in [0.25, 0.3) is 0 Å². The summed E-state index contributed by atoms with van der Waals surface area (Å²) in [6, 6.07) is 0. The standard InChI is InChI=1S/C20H41N5O3S.HI/c1-4-21-20(22-9-5-6-10-23-11-7-8-12-23)24-13-15-25(16-14-24)29(26,27)18-17-28-19(2)3;/h19H,4-18H2,1-3H3,(H,21,22);1H. The van der Waals surface area contributed by atoms with Crippen molar-refractivity contribution >= 4 is 40.0 Å². The normalized spacial score (nSPS) is 19.3. The van der Waals surface area contributed by atoms with E-state index in [1.165, 1.54) is 38.9 Å². The van der Waals surface area contributed by atoms with Crippen LogP contribution < -0.4 is 5.32 Å². The quantitative estimate of drug-likeness (QED) is 0.180. The molecule has 10 heteroatoms. The Morgan fingerprint density at radius 1 is 1.07 bits per heavy atom. The molecule has 0 aromatic carbocycles. The van der Waals surface area contributed by atoms with Gasteiger partial charge in [-0.25, -0.2) is 8.42 Å². The van der Waals surface area contributed by atoms with Gasteiger partial charge in [0, 0.05) is 39.3 Å². The highest BCUT2D eigenvalue weighted by Crippen LogP contribution is 2.10. The largest absolute Gasteiger partial charge is 0.378 e. The molecule has 1 N–H and O–H groups in total. The van der Waals surface area contributed by atoms with Crippen molar-refractivity contribution in [2.45, 2.75) is 52.6 Å². The third kappa shape index (κ3) is 9.97. The Bertz CT molecular complexity index is 589. The number of nitrogens with one attached hydrogen (secondary N) is 1. The van der Waals surface area contributed by atoms with Crippen molar-refractivity contribution in [1.82, 2.24) is 19.4 Å². The number of ether oxygens (including phenoxy) is 1. The molecule has 178 valence electrons. The maximum atomic E-state index is 12.5. The summed E-state index contributed by atoms with van der Waals surface area (Å²) in [6.07, 6.45) is 5.02. The fourth-order valence-electron chi connectivity index (χ4n) is 3.76. The minimum absolute atomic E-state index is 0. The lowest BCUT2D eigenvalue weighted by Crippen LogP contribution is -2.54. The third-order valence-electron chi connectivity index (χ3n) is 5.40. The molecule has 0 saturated carbocycles. The number of rotatable bonds is 11. The minimum Gasteiger partial charge on any atom is -0.378 e. The molecule has 0 aromatic rings. The first-order valence-corrected chi connectivity index (χ1v) is 12.9. The first kappa shape index (κ1) is 27.9. The minimum atomic E-state index is -3.26. The molecule has 2 aliphatic heterocycles. The van der Waals surface area contributed by atoms with E-state index in [9.17, 15) is 8.42 Å². The summed E-state index contributed by atoms with van der Waals surface area (Å²) in [5.74, 6) is 0.963. The van der Waals surface area contributed by atoms with Gasteiger partial charge < -0.3 is 19.9 Å². The van der Waals surface area contributed by atoms with Gasteiger partial charge in [0.15, 0.2) is 5.96 Å². The Kier molecular flexibility index (Phi) is 13.8. The maximum absolute atomic E-state index is 12.5. The molecule has 0 unspecified atom stereocenters. The van der Waals surface area contributed by atoms with Gasteiger partial charge >= 0.3 is 0 Å². The van der Waals surface area contributed by atoms with Crippen LogP contribution in [0, 0.1) is 0 Å². The van der Waals surface area contributed by atoms with E-state index in [4.69, 9.17) is 9.73 Å². The molecular formula is C20H42IN5O3S. The molecule has 0 aromatic heterocycles. The van der Waals surface area contributed by atoms with Crippen LogP contribution in [0.2, 0.25) is 0 Å². The lowest BCUT2D eigenvalue weighted by molar-refractivity contribution is 0.0904. The average Bonchev–Trinajstić information content (AvgIpc) is 3.20. The Morgan fingerprint density at radius 3 is 2.33 bits per heavy atom. The van der Waals surface area contributed by atoms with Crippen LogP contribution in [0.4, 0.5) is 0 Å². The van der Waals surface area contributed by atoms with Crippen LogP contribution in [0.15, 0.2) is 4.99 Å². The van der Waals surface area contributed by atoms with Gasteiger partial charge in [-0.3, -0.25) is 4.99 Å². The summed E-state index contributed by atoms with van der Waals surface area (Å²) < 4.78 is 32.0. The number of aliphatic imine (C=N–C) groups is 1. The van der Waals surface area contributed by atoms with Crippen molar-refractivity contribution in [2.75, 3.05) is 71.3 Å². The van der Waals surface area contributed by atoms with E-state index in [1.807, 2.05) is 13.8 Å². The van der Waals surface area contributed by atoms with Crippen molar-refractivity contribution in [1.29, 1.82) is 0 Å². The van der Waals surface area contributed by atoms with Gasteiger partial charge in [-0.15, -0.1) is 24.0 Å². The predicted molar refractivity (Wildman–Crippen MR) is 134 cm³/mol. The van der Waals surface area contributed by atoms with Crippen molar-refractivity contribution < 1.29 is 13.2 Å². The number of halogens is 1. The van der Waals surface area contributed by atoms with E-state index in [2.05, 4.69) is 22.0 Å². The average molecular weight is 560 g/mol. The monoisotopic (exact) mass is 559 g/mol. The summed E-state index contributed by atoms with van der Waals surface area (Å²) in [6.45, 7) is 13.8. The Morgan fingerprint density at radius 2 is 1.73 bits per heavy atom. The third-order valence-corrected chi connectivity index (χ3v) is 7.24. The highest BCUT2D eigenvalue weighted by Gasteiger charge is 2.28. The first-order chi connectivity index (χ1) is 13.9. The molecule has 0 bridgehead atoms. The van der Waals surface area contributed by atoms with Gasteiger partial charge in [0.2, 0.25) is 10.0 Å². The topological polar surface area (TPSA) is 77.5 Å². The zero-order valence-corrected chi connectivity index (χ0v) is 22.2. The number of piperazine rings is 1. The molecule has 2 rings (SSSR count). The van der Waals surface area contributed by atoms with Gasteiger partial charge in [-0.1, -0.05) is 0 Å². The second kappa shape index (κ2) is 14.8. The summed E-state index contributed by atoms with van der Waals surface area (Å²) in [4.78, 5) is 9.51. The molecule has 0 aliphatic carbocycles. The molecule has 0 atom stereocenters. The van der Waals surface area contributed by atoms with Crippen molar-refractivity contribution in [2.24, 2.45) is 4.99 Å². The number of guanidine groups is 1. The molecule has 0 amide bonds. The summed E-state index contributed by atoms with van der Waals surface area (Å²) in [7, 11) is -3.26. The lowest BCUT2D eigenvalue weighted by Gasteiger charge is -2.36. The number of sulfonamides is 1. The van der Waals surface area contributed by atoms with Crippen molar-refractivity contribution in [3.05, 3.63) is 0 Å². The van der Waals surface area contributed by atoms with Gasteiger partial charge in [-0.05, 0) is 66.1 Å². The Balaban J connectivity index is 0.00000450. The van der Waals surface area contributed by atoms with E-state index in [-0.39, 0.29) is 42.4 Å². The SMILES string of the molecule is CCNC(=NCCCCN1CCCC1)N1CCN(S(=O)(=O)CCOC(C)C)CC1.I. The molecule has 0 spiro atoms. The summed E-state index contributed by atoms with van der Waals surface area (Å²) >= 11 is 0. The molecule has 0 radical (unpaired) electrons. The zero-order valence-electron chi connectivity index (χ0n) is 19.0. The van der Waals surface area contributed by atoms with Crippen LogP contribution in [-0.2, 0) is 14.8 Å². The lowest BCUT2D eigenvalue weighted by atomic mass is 10.3. The highest BCUT2D eigenvalue weighted by molar-refractivity contribution is 14.0.